The van der Waals surface area contributed by atoms with E-state index in [4.69, 9.17) is 0 Å². The second kappa shape index (κ2) is 5.53. The van der Waals surface area contributed by atoms with Gasteiger partial charge in [0, 0.05) is 12.4 Å². The van der Waals surface area contributed by atoms with Crippen LogP contribution < -0.4 is 5.32 Å². The molecule has 4 aromatic heterocycles. The standard InChI is InChI=1S/C16H15N7/c1-12-4-5-15-20-8-13(22(15)9-12)7-19-14-3-2-6-18-16(14)23-11-17-10-21-23/h2-6,8-11,19H,7H2,1H3. The average Bonchev–Trinajstić information content (AvgIpc) is 3.23. The number of hydrogen-bond donors (Lipinski definition) is 1. The minimum absolute atomic E-state index is 0.637. The zero-order valence-electron chi connectivity index (χ0n) is 12.6. The first-order chi connectivity index (χ1) is 11.3. The van der Waals surface area contributed by atoms with E-state index in [1.54, 1.807) is 17.2 Å². The van der Waals surface area contributed by atoms with Crippen LogP contribution in [0.25, 0.3) is 11.5 Å². The molecule has 1 N–H and O–H groups in total. The summed E-state index contributed by atoms with van der Waals surface area (Å²) in [5, 5.41) is 7.54. The highest BCUT2D eigenvalue weighted by Crippen LogP contribution is 2.17. The molecule has 7 nitrogen and oxygen atoms in total. The normalized spacial score (nSPS) is 11.0. The van der Waals surface area contributed by atoms with E-state index in [1.165, 1.54) is 11.9 Å². The Morgan fingerprint density at radius 2 is 2.13 bits per heavy atom. The number of imidazole rings is 1. The van der Waals surface area contributed by atoms with Crippen LogP contribution >= 0.6 is 0 Å². The quantitative estimate of drug-likeness (QED) is 0.626. The van der Waals surface area contributed by atoms with Gasteiger partial charge in [-0.15, -0.1) is 0 Å². The first-order valence-electron chi connectivity index (χ1n) is 7.28. The second-order valence-electron chi connectivity index (χ2n) is 5.25. The van der Waals surface area contributed by atoms with Crippen LogP contribution in [-0.4, -0.2) is 29.1 Å². The summed E-state index contributed by atoms with van der Waals surface area (Å²) >= 11 is 0. The van der Waals surface area contributed by atoms with E-state index < -0.39 is 0 Å². The fourth-order valence-corrected chi connectivity index (χ4v) is 2.49. The number of aromatic nitrogens is 6. The van der Waals surface area contributed by atoms with Crippen LogP contribution in [0.3, 0.4) is 0 Å². The molecular formula is C16H15N7. The van der Waals surface area contributed by atoms with Gasteiger partial charge >= 0.3 is 0 Å². The van der Waals surface area contributed by atoms with E-state index in [2.05, 4.69) is 49.0 Å². The Hall–Kier alpha value is -3.22. The molecule has 114 valence electrons. The molecule has 7 heteroatoms. The van der Waals surface area contributed by atoms with Crippen molar-refractivity contribution in [2.45, 2.75) is 13.5 Å². The Labute approximate surface area is 132 Å². The van der Waals surface area contributed by atoms with Crippen LogP contribution in [-0.2, 0) is 6.54 Å². The predicted octanol–water partition coefficient (Wildman–Crippen LogP) is 2.23. The number of anilines is 1. The molecule has 0 aliphatic rings. The topological polar surface area (TPSA) is 72.9 Å². The molecule has 0 aromatic carbocycles. The minimum Gasteiger partial charge on any atom is -0.376 e. The molecule has 0 spiro atoms. The van der Waals surface area contributed by atoms with E-state index in [9.17, 15) is 0 Å². The summed E-state index contributed by atoms with van der Waals surface area (Å²) in [6.45, 7) is 2.71. The fourth-order valence-electron chi connectivity index (χ4n) is 2.49. The van der Waals surface area contributed by atoms with E-state index in [-0.39, 0.29) is 0 Å². The van der Waals surface area contributed by atoms with Gasteiger partial charge < -0.3 is 9.72 Å². The van der Waals surface area contributed by atoms with Crippen molar-refractivity contribution in [2.24, 2.45) is 0 Å². The van der Waals surface area contributed by atoms with Gasteiger partial charge in [-0.1, -0.05) is 6.07 Å². The van der Waals surface area contributed by atoms with Gasteiger partial charge in [-0.2, -0.15) is 5.10 Å². The number of pyridine rings is 2. The fraction of sp³-hybridized carbons (Fsp3) is 0.125. The summed E-state index contributed by atoms with van der Waals surface area (Å²) in [5.41, 5.74) is 4.11. The number of nitrogens with one attached hydrogen (secondary N) is 1. The predicted molar refractivity (Wildman–Crippen MR) is 86.4 cm³/mol. The highest BCUT2D eigenvalue weighted by Gasteiger charge is 2.08. The van der Waals surface area contributed by atoms with Crippen molar-refractivity contribution < 1.29 is 0 Å². The molecular weight excluding hydrogens is 290 g/mol. The maximum atomic E-state index is 4.42. The van der Waals surface area contributed by atoms with Crippen molar-refractivity contribution in [1.82, 2.24) is 29.1 Å². The van der Waals surface area contributed by atoms with Crippen molar-refractivity contribution >= 4 is 11.3 Å². The first kappa shape index (κ1) is 13.4. The van der Waals surface area contributed by atoms with E-state index in [0.29, 0.717) is 6.54 Å². The molecule has 0 saturated heterocycles. The van der Waals surface area contributed by atoms with Crippen molar-refractivity contribution in [2.75, 3.05) is 5.32 Å². The average molecular weight is 305 g/mol. The molecule has 0 radical (unpaired) electrons. The number of rotatable bonds is 4. The lowest BCUT2D eigenvalue weighted by atomic mass is 10.3. The molecule has 4 heterocycles. The molecule has 0 saturated carbocycles. The molecule has 4 rings (SSSR count). The molecule has 0 amide bonds. The first-order valence-corrected chi connectivity index (χ1v) is 7.28. The van der Waals surface area contributed by atoms with Crippen LogP contribution in [0.4, 0.5) is 5.69 Å². The third kappa shape index (κ3) is 2.52. The summed E-state index contributed by atoms with van der Waals surface area (Å²) in [4.78, 5) is 12.8. The number of fused-ring (bicyclic) bond motifs is 1. The molecule has 0 bridgehead atoms. The maximum Gasteiger partial charge on any atom is 0.178 e. The van der Waals surface area contributed by atoms with Crippen molar-refractivity contribution in [1.29, 1.82) is 0 Å². The largest absolute Gasteiger partial charge is 0.376 e. The zero-order valence-corrected chi connectivity index (χ0v) is 12.6. The Morgan fingerprint density at radius 1 is 1.17 bits per heavy atom. The third-order valence-electron chi connectivity index (χ3n) is 3.61. The highest BCUT2D eigenvalue weighted by atomic mass is 15.3. The van der Waals surface area contributed by atoms with Gasteiger partial charge in [-0.25, -0.2) is 19.6 Å². The number of hydrogen-bond acceptors (Lipinski definition) is 5. The molecule has 0 unspecified atom stereocenters. The van der Waals surface area contributed by atoms with Crippen molar-refractivity contribution in [3.8, 4) is 5.82 Å². The summed E-state index contributed by atoms with van der Waals surface area (Å²) in [5.74, 6) is 0.718. The smallest absolute Gasteiger partial charge is 0.178 e. The Balaban J connectivity index is 1.63. The Bertz CT molecular complexity index is 940. The van der Waals surface area contributed by atoms with Gasteiger partial charge in [0.15, 0.2) is 5.82 Å². The molecule has 0 fully saturated rings. The maximum absolute atomic E-state index is 4.42. The van der Waals surface area contributed by atoms with Crippen LogP contribution in [0.15, 0.2) is 55.5 Å². The third-order valence-corrected chi connectivity index (χ3v) is 3.61. The van der Waals surface area contributed by atoms with E-state index in [1.807, 2.05) is 24.4 Å². The van der Waals surface area contributed by atoms with Gasteiger partial charge in [0.2, 0.25) is 0 Å². The van der Waals surface area contributed by atoms with Gasteiger partial charge in [0.1, 0.15) is 18.3 Å². The van der Waals surface area contributed by atoms with Crippen LogP contribution in [0, 0.1) is 6.92 Å². The molecule has 0 aliphatic heterocycles. The van der Waals surface area contributed by atoms with Gasteiger partial charge in [0.25, 0.3) is 0 Å². The molecule has 23 heavy (non-hydrogen) atoms. The van der Waals surface area contributed by atoms with Crippen molar-refractivity contribution in [3.63, 3.8) is 0 Å². The summed E-state index contributed by atoms with van der Waals surface area (Å²) in [6.07, 6.45) is 8.82. The molecule has 4 aromatic rings. The lowest BCUT2D eigenvalue weighted by Gasteiger charge is -2.10. The van der Waals surface area contributed by atoms with E-state index >= 15 is 0 Å². The van der Waals surface area contributed by atoms with Gasteiger partial charge in [-0.05, 0) is 30.7 Å². The minimum atomic E-state index is 0.637. The Kier molecular flexibility index (Phi) is 3.23. The highest BCUT2D eigenvalue weighted by molar-refractivity contribution is 5.56. The summed E-state index contributed by atoms with van der Waals surface area (Å²) in [7, 11) is 0. The van der Waals surface area contributed by atoms with E-state index in [0.717, 1.165) is 22.8 Å². The lowest BCUT2D eigenvalue weighted by Crippen LogP contribution is -2.08. The second-order valence-corrected chi connectivity index (χ2v) is 5.25. The summed E-state index contributed by atoms with van der Waals surface area (Å²) in [6, 6.07) is 7.94. The zero-order chi connectivity index (χ0) is 15.6. The van der Waals surface area contributed by atoms with Crippen LogP contribution in [0.5, 0.6) is 0 Å². The lowest BCUT2D eigenvalue weighted by molar-refractivity contribution is 0.843. The number of aryl methyl sites for hydroxylation is 1. The number of nitrogens with zero attached hydrogens (tertiary/aromatic N) is 6. The molecule has 0 atom stereocenters. The Morgan fingerprint density at radius 3 is 3.00 bits per heavy atom. The SMILES string of the molecule is Cc1ccc2ncc(CNc3cccnc3-n3cncn3)n2c1. The van der Waals surface area contributed by atoms with Gasteiger partial charge in [-0.3, -0.25) is 0 Å². The molecule has 0 aliphatic carbocycles. The van der Waals surface area contributed by atoms with Crippen molar-refractivity contribution in [3.05, 3.63) is 66.8 Å². The van der Waals surface area contributed by atoms with Gasteiger partial charge in [0.05, 0.1) is 24.1 Å². The van der Waals surface area contributed by atoms with Crippen LogP contribution in [0.1, 0.15) is 11.3 Å². The van der Waals surface area contributed by atoms with Crippen LogP contribution in [0.2, 0.25) is 0 Å². The monoisotopic (exact) mass is 305 g/mol. The summed E-state index contributed by atoms with van der Waals surface area (Å²) < 4.78 is 3.73.